The first-order valence-corrected chi connectivity index (χ1v) is 10.2. The SMILES string of the molecule is CCOc1ccc(C(=O)c2ccccc2C(=O)N2CCCNCC2)cc1OCC.Cl. The molecule has 1 N–H and O–H groups in total. The standard InChI is InChI=1S/C23H28N2O4.ClH/c1-3-28-20-11-10-17(16-21(20)29-4-2)22(26)18-8-5-6-9-19(18)23(27)25-14-7-12-24-13-15-25;/h5-6,8-11,16,24H,3-4,7,12-15H2,1-2H3;1H. The lowest BCUT2D eigenvalue weighted by Crippen LogP contribution is -2.35. The maximum absolute atomic E-state index is 13.3. The second kappa shape index (κ2) is 11.6. The summed E-state index contributed by atoms with van der Waals surface area (Å²) in [4.78, 5) is 28.2. The van der Waals surface area contributed by atoms with Crippen molar-refractivity contribution >= 4 is 24.1 Å². The molecule has 0 atom stereocenters. The molecule has 0 aromatic heterocycles. The summed E-state index contributed by atoms with van der Waals surface area (Å²) in [6, 6.07) is 12.2. The summed E-state index contributed by atoms with van der Waals surface area (Å²) in [7, 11) is 0. The van der Waals surface area contributed by atoms with Gasteiger partial charge in [-0.05, 0) is 51.1 Å². The van der Waals surface area contributed by atoms with E-state index in [4.69, 9.17) is 9.47 Å². The first kappa shape index (κ1) is 23.7. The zero-order valence-corrected chi connectivity index (χ0v) is 18.3. The normalized spacial score (nSPS) is 13.7. The van der Waals surface area contributed by atoms with Crippen molar-refractivity contribution in [3.63, 3.8) is 0 Å². The molecule has 30 heavy (non-hydrogen) atoms. The monoisotopic (exact) mass is 432 g/mol. The molecule has 1 aliphatic heterocycles. The van der Waals surface area contributed by atoms with Gasteiger partial charge in [0.25, 0.3) is 5.91 Å². The van der Waals surface area contributed by atoms with E-state index < -0.39 is 0 Å². The van der Waals surface area contributed by atoms with E-state index in [-0.39, 0.29) is 24.1 Å². The molecule has 0 saturated carbocycles. The molecule has 1 fully saturated rings. The Kier molecular flexibility index (Phi) is 9.15. The van der Waals surface area contributed by atoms with Crippen LogP contribution in [0.3, 0.4) is 0 Å². The molecule has 7 heteroatoms. The van der Waals surface area contributed by atoms with Gasteiger partial charge >= 0.3 is 0 Å². The highest BCUT2D eigenvalue weighted by Crippen LogP contribution is 2.30. The first-order chi connectivity index (χ1) is 14.2. The molecule has 162 valence electrons. The van der Waals surface area contributed by atoms with Gasteiger partial charge in [-0.1, -0.05) is 18.2 Å². The van der Waals surface area contributed by atoms with Crippen molar-refractivity contribution in [3.8, 4) is 11.5 Å². The number of ether oxygens (including phenoxy) is 2. The van der Waals surface area contributed by atoms with Crippen molar-refractivity contribution in [2.24, 2.45) is 0 Å². The van der Waals surface area contributed by atoms with Gasteiger partial charge in [0, 0.05) is 30.8 Å². The van der Waals surface area contributed by atoms with Gasteiger partial charge in [-0.25, -0.2) is 0 Å². The molecule has 2 aromatic rings. The highest BCUT2D eigenvalue weighted by atomic mass is 35.5. The van der Waals surface area contributed by atoms with E-state index in [9.17, 15) is 9.59 Å². The second-order valence-electron chi connectivity index (χ2n) is 6.80. The highest BCUT2D eigenvalue weighted by Gasteiger charge is 2.23. The van der Waals surface area contributed by atoms with Crippen molar-refractivity contribution in [3.05, 3.63) is 59.2 Å². The summed E-state index contributed by atoms with van der Waals surface area (Å²) in [6.45, 7) is 7.74. The number of rotatable bonds is 7. The topological polar surface area (TPSA) is 67.9 Å². The molecule has 1 amide bonds. The minimum Gasteiger partial charge on any atom is -0.490 e. The van der Waals surface area contributed by atoms with E-state index in [0.717, 1.165) is 19.5 Å². The molecule has 3 rings (SSSR count). The predicted octanol–water partition coefficient (Wildman–Crippen LogP) is 3.57. The summed E-state index contributed by atoms with van der Waals surface area (Å²) in [6.07, 6.45) is 0.901. The fraction of sp³-hybridized carbons (Fsp3) is 0.391. The highest BCUT2D eigenvalue weighted by molar-refractivity contribution is 6.15. The number of hydrogen-bond donors (Lipinski definition) is 1. The fourth-order valence-corrected chi connectivity index (χ4v) is 3.43. The Morgan fingerprint density at radius 3 is 2.37 bits per heavy atom. The van der Waals surface area contributed by atoms with Crippen molar-refractivity contribution in [1.29, 1.82) is 0 Å². The molecule has 0 unspecified atom stereocenters. The third-order valence-electron chi connectivity index (χ3n) is 4.83. The number of carbonyl (C=O) groups is 2. The first-order valence-electron chi connectivity index (χ1n) is 10.2. The van der Waals surface area contributed by atoms with Crippen molar-refractivity contribution < 1.29 is 19.1 Å². The minimum absolute atomic E-state index is 0. The number of nitrogens with one attached hydrogen (secondary N) is 1. The van der Waals surface area contributed by atoms with Crippen LogP contribution in [0.25, 0.3) is 0 Å². The Labute approximate surface area is 184 Å². The minimum atomic E-state index is -0.203. The molecule has 6 nitrogen and oxygen atoms in total. The van der Waals surface area contributed by atoms with Crippen molar-refractivity contribution in [2.75, 3.05) is 39.4 Å². The molecular formula is C23H29ClN2O4. The van der Waals surface area contributed by atoms with Gasteiger partial charge in [0.2, 0.25) is 0 Å². The van der Waals surface area contributed by atoms with Gasteiger partial charge in [0.15, 0.2) is 17.3 Å². The van der Waals surface area contributed by atoms with E-state index in [2.05, 4.69) is 5.32 Å². The largest absolute Gasteiger partial charge is 0.490 e. The molecule has 0 radical (unpaired) electrons. The Morgan fingerprint density at radius 1 is 0.933 bits per heavy atom. The van der Waals surface area contributed by atoms with E-state index in [0.29, 0.717) is 54.5 Å². The lowest BCUT2D eigenvalue weighted by Gasteiger charge is -2.21. The number of amides is 1. The van der Waals surface area contributed by atoms with Gasteiger partial charge in [-0.15, -0.1) is 12.4 Å². The number of ketones is 1. The van der Waals surface area contributed by atoms with Crippen LogP contribution in [0.1, 0.15) is 46.5 Å². The van der Waals surface area contributed by atoms with Gasteiger partial charge in [-0.3, -0.25) is 9.59 Å². The smallest absolute Gasteiger partial charge is 0.254 e. The Balaban J connectivity index is 0.00000320. The van der Waals surface area contributed by atoms with Crippen LogP contribution in [0.15, 0.2) is 42.5 Å². The summed E-state index contributed by atoms with van der Waals surface area (Å²) < 4.78 is 11.2. The number of halogens is 1. The molecule has 0 aliphatic carbocycles. The summed E-state index contributed by atoms with van der Waals surface area (Å²) in [5.41, 5.74) is 1.31. The third kappa shape index (κ3) is 5.52. The van der Waals surface area contributed by atoms with Gasteiger partial charge in [0.1, 0.15) is 0 Å². The molecule has 1 heterocycles. The Hall–Kier alpha value is -2.57. The molecule has 0 spiro atoms. The van der Waals surface area contributed by atoms with Crippen LogP contribution in [-0.4, -0.2) is 56.0 Å². The summed E-state index contributed by atoms with van der Waals surface area (Å²) >= 11 is 0. The van der Waals surface area contributed by atoms with E-state index in [1.165, 1.54) is 0 Å². The summed E-state index contributed by atoms with van der Waals surface area (Å²) in [5.74, 6) is 0.828. The fourth-order valence-electron chi connectivity index (χ4n) is 3.43. The zero-order valence-electron chi connectivity index (χ0n) is 17.5. The zero-order chi connectivity index (χ0) is 20.6. The van der Waals surface area contributed by atoms with E-state index in [1.54, 1.807) is 42.5 Å². The number of nitrogens with zero attached hydrogens (tertiary/aromatic N) is 1. The second-order valence-corrected chi connectivity index (χ2v) is 6.80. The third-order valence-corrected chi connectivity index (χ3v) is 4.83. The molecule has 1 aliphatic rings. The van der Waals surface area contributed by atoms with Crippen LogP contribution in [-0.2, 0) is 0 Å². The maximum atomic E-state index is 13.3. The predicted molar refractivity (Wildman–Crippen MR) is 119 cm³/mol. The quantitative estimate of drug-likeness (QED) is 0.677. The maximum Gasteiger partial charge on any atom is 0.254 e. The Morgan fingerprint density at radius 2 is 1.63 bits per heavy atom. The molecule has 0 bridgehead atoms. The van der Waals surface area contributed by atoms with Gasteiger partial charge in [-0.2, -0.15) is 0 Å². The number of hydrogen-bond acceptors (Lipinski definition) is 5. The average Bonchev–Trinajstić information content (AvgIpc) is 3.04. The van der Waals surface area contributed by atoms with E-state index in [1.807, 2.05) is 18.7 Å². The van der Waals surface area contributed by atoms with Crippen molar-refractivity contribution in [2.45, 2.75) is 20.3 Å². The molecular weight excluding hydrogens is 404 g/mol. The van der Waals surface area contributed by atoms with Crippen LogP contribution in [0.5, 0.6) is 11.5 Å². The molecule has 1 saturated heterocycles. The van der Waals surface area contributed by atoms with Gasteiger partial charge in [0.05, 0.1) is 18.8 Å². The van der Waals surface area contributed by atoms with E-state index >= 15 is 0 Å². The number of benzene rings is 2. The molecule has 2 aromatic carbocycles. The Bertz CT molecular complexity index is 864. The van der Waals surface area contributed by atoms with Crippen LogP contribution >= 0.6 is 12.4 Å². The summed E-state index contributed by atoms with van der Waals surface area (Å²) in [5, 5.41) is 3.29. The lowest BCUT2D eigenvalue weighted by molar-refractivity contribution is 0.0762. The van der Waals surface area contributed by atoms with Crippen LogP contribution in [0.2, 0.25) is 0 Å². The van der Waals surface area contributed by atoms with Crippen LogP contribution in [0, 0.1) is 0 Å². The van der Waals surface area contributed by atoms with Crippen molar-refractivity contribution in [1.82, 2.24) is 10.2 Å². The average molecular weight is 433 g/mol. The van der Waals surface area contributed by atoms with Gasteiger partial charge < -0.3 is 19.7 Å². The van der Waals surface area contributed by atoms with Crippen LogP contribution < -0.4 is 14.8 Å². The lowest BCUT2D eigenvalue weighted by atomic mass is 9.97. The van der Waals surface area contributed by atoms with Crippen LogP contribution in [0.4, 0.5) is 0 Å². The number of carbonyl (C=O) groups excluding carboxylic acids is 2.